The van der Waals surface area contributed by atoms with E-state index >= 15 is 0 Å². The van der Waals surface area contributed by atoms with Gasteiger partial charge in [0.1, 0.15) is 0 Å². The number of aromatic nitrogens is 4. The van der Waals surface area contributed by atoms with Crippen LogP contribution in [0.4, 0.5) is 5.69 Å². The number of carbonyl (C=O) groups is 1. The molecule has 0 saturated carbocycles. The van der Waals surface area contributed by atoms with Gasteiger partial charge in [0, 0.05) is 24.1 Å². The lowest BCUT2D eigenvalue weighted by Crippen LogP contribution is -2.12. The molecule has 0 aliphatic rings. The Kier molecular flexibility index (Phi) is 6.19. The number of thioether (sulfide) groups is 1. The number of hydrogen-bond donors (Lipinski definition) is 1. The molecular weight excluding hydrogens is 402 g/mol. The van der Waals surface area contributed by atoms with E-state index in [2.05, 4.69) is 25.7 Å². The first-order chi connectivity index (χ1) is 14.7. The van der Waals surface area contributed by atoms with E-state index < -0.39 is 0 Å². The Morgan fingerprint density at radius 3 is 2.70 bits per heavy atom. The molecule has 8 nitrogen and oxygen atoms in total. The van der Waals surface area contributed by atoms with Crippen LogP contribution in [0.3, 0.4) is 0 Å². The molecule has 2 heterocycles. The van der Waals surface area contributed by atoms with Gasteiger partial charge in [-0.3, -0.25) is 4.79 Å². The van der Waals surface area contributed by atoms with Crippen LogP contribution in [0.25, 0.3) is 11.5 Å². The van der Waals surface area contributed by atoms with Gasteiger partial charge in [-0.05, 0) is 30.7 Å². The summed E-state index contributed by atoms with van der Waals surface area (Å²) in [5, 5.41) is 15.4. The Hall–Kier alpha value is -3.46. The summed E-state index contributed by atoms with van der Waals surface area (Å²) in [6.07, 6.45) is 0.626. The van der Waals surface area contributed by atoms with Gasteiger partial charge >= 0.3 is 0 Å². The second-order valence-electron chi connectivity index (χ2n) is 6.50. The highest BCUT2D eigenvalue weighted by Gasteiger charge is 2.14. The summed E-state index contributed by atoms with van der Waals surface area (Å²) < 4.78 is 10.9. The van der Waals surface area contributed by atoms with Crippen molar-refractivity contribution in [1.82, 2.24) is 20.3 Å². The van der Waals surface area contributed by atoms with E-state index in [1.54, 1.807) is 0 Å². The molecule has 152 valence electrons. The molecule has 0 aliphatic heterocycles. The number of carbonyl (C=O) groups excluding carboxylic acids is 1. The molecule has 0 spiro atoms. The molecule has 30 heavy (non-hydrogen) atoms. The number of amides is 1. The minimum absolute atomic E-state index is 0.107. The minimum Gasteiger partial charge on any atom is -0.411 e. The van der Waals surface area contributed by atoms with E-state index in [1.165, 1.54) is 11.8 Å². The van der Waals surface area contributed by atoms with E-state index in [1.807, 2.05) is 61.5 Å². The van der Waals surface area contributed by atoms with Crippen molar-refractivity contribution in [3.8, 4) is 11.5 Å². The van der Waals surface area contributed by atoms with Gasteiger partial charge in [0.25, 0.3) is 5.22 Å². The van der Waals surface area contributed by atoms with Crippen LogP contribution in [-0.4, -0.2) is 26.2 Å². The first-order valence-corrected chi connectivity index (χ1v) is 10.3. The van der Waals surface area contributed by atoms with Crippen LogP contribution in [0, 0.1) is 6.92 Å². The van der Waals surface area contributed by atoms with Gasteiger partial charge in [-0.25, -0.2) is 0 Å². The lowest BCUT2D eigenvalue weighted by atomic mass is 10.1. The van der Waals surface area contributed by atoms with Gasteiger partial charge in [0.05, 0.1) is 5.75 Å². The Morgan fingerprint density at radius 2 is 1.87 bits per heavy atom. The van der Waals surface area contributed by atoms with Gasteiger partial charge in [0.2, 0.25) is 17.7 Å². The smallest absolute Gasteiger partial charge is 0.277 e. The summed E-state index contributed by atoms with van der Waals surface area (Å²) in [6, 6.07) is 17.1. The Balaban J connectivity index is 1.27. The number of nitrogens with one attached hydrogen (secondary N) is 1. The fourth-order valence-electron chi connectivity index (χ4n) is 2.73. The molecule has 0 atom stereocenters. The van der Waals surface area contributed by atoms with Gasteiger partial charge in [0.15, 0.2) is 5.82 Å². The number of benzene rings is 2. The fraction of sp³-hybridized carbons (Fsp3) is 0.190. The van der Waals surface area contributed by atoms with Crippen molar-refractivity contribution in [3.05, 3.63) is 71.9 Å². The average Bonchev–Trinajstić information content (AvgIpc) is 3.41. The molecule has 0 fully saturated rings. The van der Waals surface area contributed by atoms with E-state index in [0.717, 1.165) is 16.8 Å². The van der Waals surface area contributed by atoms with Crippen LogP contribution in [0.1, 0.15) is 23.7 Å². The monoisotopic (exact) mass is 421 g/mol. The summed E-state index contributed by atoms with van der Waals surface area (Å²) in [7, 11) is 0. The SMILES string of the molecule is Cc1ccccc1-c1nnc(SCc2noc(CCC(=O)Nc3ccccc3)n2)o1. The minimum atomic E-state index is -0.107. The topological polar surface area (TPSA) is 107 Å². The summed E-state index contributed by atoms with van der Waals surface area (Å²) >= 11 is 1.33. The van der Waals surface area contributed by atoms with Crippen LogP contribution in [-0.2, 0) is 17.0 Å². The Morgan fingerprint density at radius 1 is 1.07 bits per heavy atom. The zero-order valence-electron chi connectivity index (χ0n) is 16.2. The maximum absolute atomic E-state index is 12.0. The van der Waals surface area contributed by atoms with Gasteiger partial charge < -0.3 is 14.3 Å². The zero-order chi connectivity index (χ0) is 20.8. The van der Waals surface area contributed by atoms with Crippen molar-refractivity contribution in [1.29, 1.82) is 0 Å². The number of nitrogens with zero attached hydrogens (tertiary/aromatic N) is 4. The van der Waals surface area contributed by atoms with Crippen LogP contribution in [0.15, 0.2) is 68.8 Å². The summed E-state index contributed by atoms with van der Waals surface area (Å²) in [5.74, 6) is 1.72. The van der Waals surface area contributed by atoms with Crippen LogP contribution in [0.2, 0.25) is 0 Å². The second kappa shape index (κ2) is 9.36. The maximum atomic E-state index is 12.0. The molecule has 1 N–H and O–H groups in total. The third kappa shape index (κ3) is 5.12. The van der Waals surface area contributed by atoms with E-state index in [-0.39, 0.29) is 12.3 Å². The van der Waals surface area contributed by atoms with E-state index in [0.29, 0.717) is 35.0 Å². The Labute approximate surface area is 177 Å². The lowest BCUT2D eigenvalue weighted by molar-refractivity contribution is -0.116. The Bertz CT molecular complexity index is 1130. The van der Waals surface area contributed by atoms with Gasteiger partial charge in [-0.1, -0.05) is 53.3 Å². The first kappa shape index (κ1) is 19.8. The van der Waals surface area contributed by atoms with Crippen LogP contribution >= 0.6 is 11.8 Å². The van der Waals surface area contributed by atoms with Crippen LogP contribution < -0.4 is 5.32 Å². The molecule has 9 heteroatoms. The predicted molar refractivity (Wildman–Crippen MR) is 112 cm³/mol. The number of hydrogen-bond acceptors (Lipinski definition) is 8. The number of rotatable bonds is 8. The molecule has 4 rings (SSSR count). The van der Waals surface area contributed by atoms with Gasteiger partial charge in [-0.15, -0.1) is 10.2 Å². The molecule has 0 aliphatic carbocycles. The van der Waals surface area contributed by atoms with Crippen molar-refractivity contribution >= 4 is 23.4 Å². The molecule has 2 aromatic carbocycles. The number of para-hydroxylation sites is 1. The van der Waals surface area contributed by atoms with E-state index in [4.69, 9.17) is 8.94 Å². The van der Waals surface area contributed by atoms with Crippen molar-refractivity contribution in [2.45, 2.75) is 30.7 Å². The number of anilines is 1. The normalized spacial score (nSPS) is 10.8. The van der Waals surface area contributed by atoms with Gasteiger partial charge in [-0.2, -0.15) is 4.98 Å². The molecule has 2 aromatic heterocycles. The molecule has 4 aromatic rings. The first-order valence-electron chi connectivity index (χ1n) is 9.36. The van der Waals surface area contributed by atoms with E-state index in [9.17, 15) is 4.79 Å². The summed E-state index contributed by atoms with van der Waals surface area (Å²) in [4.78, 5) is 16.3. The highest BCUT2D eigenvalue weighted by Crippen LogP contribution is 2.26. The summed E-state index contributed by atoms with van der Waals surface area (Å²) in [5.41, 5.74) is 2.74. The van der Waals surface area contributed by atoms with Crippen molar-refractivity contribution in [2.75, 3.05) is 5.32 Å². The lowest BCUT2D eigenvalue weighted by Gasteiger charge is -2.02. The highest BCUT2D eigenvalue weighted by atomic mass is 32.2. The van der Waals surface area contributed by atoms with Crippen molar-refractivity contribution in [2.24, 2.45) is 0 Å². The fourth-order valence-corrected chi connectivity index (χ4v) is 3.34. The molecular formula is C21H19N5O3S. The van der Waals surface area contributed by atoms with Crippen LogP contribution in [0.5, 0.6) is 0 Å². The second-order valence-corrected chi connectivity index (χ2v) is 7.42. The zero-order valence-corrected chi connectivity index (χ0v) is 17.1. The van der Waals surface area contributed by atoms with Crippen molar-refractivity contribution in [3.63, 3.8) is 0 Å². The quantitative estimate of drug-likeness (QED) is 0.420. The number of aryl methyl sites for hydroxylation is 2. The molecule has 0 bridgehead atoms. The summed E-state index contributed by atoms with van der Waals surface area (Å²) in [6.45, 7) is 1.99. The molecule has 0 saturated heterocycles. The molecule has 0 unspecified atom stereocenters. The standard InChI is InChI=1S/C21H19N5O3S/c1-14-7-5-6-10-16(14)20-24-25-21(28-20)30-13-17-23-19(29-26-17)12-11-18(27)22-15-8-3-2-4-9-15/h2-10H,11-13H2,1H3,(H,22,27). The average molecular weight is 421 g/mol. The maximum Gasteiger partial charge on any atom is 0.277 e. The molecule has 0 radical (unpaired) electrons. The third-order valence-corrected chi connectivity index (χ3v) is 5.05. The van der Waals surface area contributed by atoms with Crippen molar-refractivity contribution < 1.29 is 13.7 Å². The molecule has 1 amide bonds. The predicted octanol–water partition coefficient (Wildman–Crippen LogP) is 4.29. The third-order valence-electron chi connectivity index (χ3n) is 4.24. The highest BCUT2D eigenvalue weighted by molar-refractivity contribution is 7.98. The largest absolute Gasteiger partial charge is 0.411 e.